The molecule has 0 heterocycles. The Morgan fingerprint density at radius 3 is 2.23 bits per heavy atom. The van der Waals surface area contributed by atoms with Crippen molar-refractivity contribution in [2.45, 2.75) is 77.3 Å². The van der Waals surface area contributed by atoms with E-state index in [0.29, 0.717) is 18.0 Å². The Balaban J connectivity index is 1.93. The summed E-state index contributed by atoms with van der Waals surface area (Å²) < 4.78 is 0. The maximum Gasteiger partial charge on any atom is 0.166 e. The van der Waals surface area contributed by atoms with Gasteiger partial charge in [-0.2, -0.15) is 0 Å². The van der Waals surface area contributed by atoms with Gasteiger partial charge in [-0.3, -0.25) is 0 Å². The van der Waals surface area contributed by atoms with Gasteiger partial charge in [0.05, 0.1) is 6.04 Å². The molecule has 1 saturated carbocycles. The summed E-state index contributed by atoms with van der Waals surface area (Å²) in [6.07, 6.45) is 7.38. The highest BCUT2D eigenvalue weighted by atomic mass is 32.1. The van der Waals surface area contributed by atoms with Gasteiger partial charge in [-0.1, -0.05) is 57.9 Å². The third-order valence-electron chi connectivity index (χ3n) is 4.92. The van der Waals surface area contributed by atoms with E-state index >= 15 is 0 Å². The van der Waals surface area contributed by atoms with Crippen molar-refractivity contribution in [3.63, 3.8) is 0 Å². The number of hydrogen-bond acceptors (Lipinski definition) is 1. The van der Waals surface area contributed by atoms with Gasteiger partial charge >= 0.3 is 0 Å². The van der Waals surface area contributed by atoms with Crippen molar-refractivity contribution in [1.29, 1.82) is 0 Å². The summed E-state index contributed by atoms with van der Waals surface area (Å²) in [6, 6.07) is 9.90. The van der Waals surface area contributed by atoms with Gasteiger partial charge in [0.25, 0.3) is 0 Å². The first-order chi connectivity index (χ1) is 10.6. The van der Waals surface area contributed by atoms with E-state index in [9.17, 15) is 0 Å². The summed E-state index contributed by atoms with van der Waals surface area (Å²) >= 11 is 5.50. The van der Waals surface area contributed by atoms with Crippen LogP contribution in [0.25, 0.3) is 0 Å². The molecule has 0 amide bonds. The molecule has 2 N–H and O–H groups in total. The molecule has 22 heavy (non-hydrogen) atoms. The summed E-state index contributed by atoms with van der Waals surface area (Å²) in [5, 5.41) is 7.78. The molecule has 0 spiro atoms. The third kappa shape index (κ3) is 4.70. The fourth-order valence-corrected chi connectivity index (χ4v) is 3.48. The third-order valence-corrected chi connectivity index (χ3v) is 5.16. The minimum absolute atomic E-state index is 0.299. The Morgan fingerprint density at radius 2 is 1.68 bits per heavy atom. The first kappa shape index (κ1) is 17.3. The second-order valence-electron chi connectivity index (χ2n) is 6.54. The lowest BCUT2D eigenvalue weighted by Gasteiger charge is -2.23. The number of nitrogens with one attached hydrogen (secondary N) is 2. The van der Waals surface area contributed by atoms with E-state index in [0.717, 1.165) is 11.5 Å². The zero-order chi connectivity index (χ0) is 15.9. The monoisotopic (exact) mass is 318 g/mol. The van der Waals surface area contributed by atoms with Crippen LogP contribution in [0, 0.1) is 0 Å². The van der Waals surface area contributed by atoms with Crippen LogP contribution >= 0.6 is 12.2 Å². The van der Waals surface area contributed by atoms with Crippen LogP contribution in [0.3, 0.4) is 0 Å². The molecule has 2 atom stereocenters. The number of rotatable bonds is 6. The predicted octanol–water partition coefficient (Wildman–Crippen LogP) is 5.06. The van der Waals surface area contributed by atoms with Crippen molar-refractivity contribution < 1.29 is 0 Å². The van der Waals surface area contributed by atoms with E-state index in [2.05, 4.69) is 55.7 Å². The zero-order valence-corrected chi connectivity index (χ0v) is 15.0. The molecule has 1 aliphatic carbocycles. The second kappa shape index (κ2) is 8.52. The molecule has 3 heteroatoms. The fraction of sp³-hybridized carbons (Fsp3) is 0.632. The number of hydrogen-bond donors (Lipinski definition) is 2. The van der Waals surface area contributed by atoms with Crippen molar-refractivity contribution in [1.82, 2.24) is 10.6 Å². The van der Waals surface area contributed by atoms with Gasteiger partial charge in [0.15, 0.2) is 5.11 Å². The lowest BCUT2D eigenvalue weighted by molar-refractivity contribution is 0.579. The van der Waals surface area contributed by atoms with Gasteiger partial charge in [-0.15, -0.1) is 0 Å². The number of benzene rings is 1. The summed E-state index contributed by atoms with van der Waals surface area (Å²) in [7, 11) is 0. The highest BCUT2D eigenvalue weighted by molar-refractivity contribution is 7.80. The molecular weight excluding hydrogens is 288 g/mol. The van der Waals surface area contributed by atoms with Crippen molar-refractivity contribution in [3.05, 3.63) is 35.4 Å². The molecule has 1 aromatic carbocycles. The molecule has 1 aliphatic rings. The second-order valence-corrected chi connectivity index (χ2v) is 6.94. The first-order valence-electron chi connectivity index (χ1n) is 8.80. The molecule has 1 aromatic rings. The quantitative estimate of drug-likeness (QED) is 0.717. The lowest BCUT2D eigenvalue weighted by Crippen LogP contribution is -2.42. The van der Waals surface area contributed by atoms with E-state index in [1.54, 1.807) is 0 Å². The smallest absolute Gasteiger partial charge is 0.166 e. The van der Waals surface area contributed by atoms with Crippen LogP contribution in [0.15, 0.2) is 24.3 Å². The molecule has 0 aromatic heterocycles. The summed E-state index contributed by atoms with van der Waals surface area (Å²) in [4.78, 5) is 0. The minimum atomic E-state index is 0.299. The Morgan fingerprint density at radius 1 is 1.09 bits per heavy atom. The molecule has 0 saturated heterocycles. The van der Waals surface area contributed by atoms with Crippen molar-refractivity contribution in [2.75, 3.05) is 0 Å². The molecule has 1 fully saturated rings. The fourth-order valence-electron chi connectivity index (χ4n) is 3.17. The average Bonchev–Trinajstić information content (AvgIpc) is 3.05. The van der Waals surface area contributed by atoms with Crippen molar-refractivity contribution in [3.8, 4) is 0 Å². The van der Waals surface area contributed by atoms with Gasteiger partial charge in [0.2, 0.25) is 0 Å². The van der Waals surface area contributed by atoms with Crippen LogP contribution < -0.4 is 10.6 Å². The van der Waals surface area contributed by atoms with Crippen molar-refractivity contribution >= 4 is 17.3 Å². The Labute approximate surface area is 141 Å². The van der Waals surface area contributed by atoms with Gasteiger partial charge in [0.1, 0.15) is 0 Å². The number of thiocarbonyl (C=S) groups is 1. The zero-order valence-electron chi connectivity index (χ0n) is 14.2. The Kier molecular flexibility index (Phi) is 6.69. The van der Waals surface area contributed by atoms with Crippen LogP contribution in [0.4, 0.5) is 0 Å². The molecule has 0 aliphatic heterocycles. The summed E-state index contributed by atoms with van der Waals surface area (Å²) in [5.74, 6) is 0.632. The van der Waals surface area contributed by atoms with Crippen LogP contribution in [-0.4, -0.2) is 11.2 Å². The molecule has 0 bridgehead atoms. The summed E-state index contributed by atoms with van der Waals surface area (Å²) in [6.45, 7) is 6.73. The van der Waals surface area contributed by atoms with E-state index in [1.165, 1.54) is 43.2 Å². The maximum atomic E-state index is 5.50. The minimum Gasteiger partial charge on any atom is -0.360 e. The highest BCUT2D eigenvalue weighted by Gasteiger charge is 2.17. The van der Waals surface area contributed by atoms with Crippen LogP contribution in [0.5, 0.6) is 0 Å². The van der Waals surface area contributed by atoms with Gasteiger partial charge in [-0.25, -0.2) is 0 Å². The van der Waals surface area contributed by atoms with Crippen LogP contribution in [0.1, 0.15) is 82.4 Å². The van der Waals surface area contributed by atoms with Gasteiger partial charge in [0, 0.05) is 6.04 Å². The maximum absolute atomic E-state index is 5.50. The largest absolute Gasteiger partial charge is 0.360 e. The van der Waals surface area contributed by atoms with E-state index < -0.39 is 0 Å². The van der Waals surface area contributed by atoms with E-state index in [4.69, 9.17) is 12.2 Å². The molecule has 0 radical (unpaired) electrons. The predicted molar refractivity (Wildman–Crippen MR) is 99.3 cm³/mol. The summed E-state index contributed by atoms with van der Waals surface area (Å²) in [5.41, 5.74) is 2.75. The standard InChI is InChI=1S/C19H30N2S/c1-4-14(3)15-10-12-16(13-11-15)18(5-2)21-19(22)20-17-8-6-7-9-17/h10-14,17-18H,4-9H2,1-3H3,(H2,20,21,22). The van der Waals surface area contributed by atoms with Crippen LogP contribution in [-0.2, 0) is 0 Å². The van der Waals surface area contributed by atoms with E-state index in [-0.39, 0.29) is 0 Å². The molecule has 122 valence electrons. The molecule has 2 nitrogen and oxygen atoms in total. The topological polar surface area (TPSA) is 24.1 Å². The molecule has 2 rings (SSSR count). The van der Waals surface area contributed by atoms with Gasteiger partial charge in [-0.05, 0) is 54.9 Å². The Bertz CT molecular complexity index is 463. The lowest BCUT2D eigenvalue weighted by atomic mass is 9.95. The highest BCUT2D eigenvalue weighted by Crippen LogP contribution is 2.23. The molecular formula is C19H30N2S. The Hall–Kier alpha value is -1.09. The van der Waals surface area contributed by atoms with Crippen molar-refractivity contribution in [2.24, 2.45) is 0 Å². The van der Waals surface area contributed by atoms with E-state index in [1.807, 2.05) is 0 Å². The van der Waals surface area contributed by atoms with Gasteiger partial charge < -0.3 is 10.6 Å². The SMILES string of the molecule is CCC(C)c1ccc(C(CC)NC(=S)NC2CCCC2)cc1. The normalized spacial score (nSPS) is 18.0. The molecule has 2 unspecified atom stereocenters. The van der Waals surface area contributed by atoms with Crippen LogP contribution in [0.2, 0.25) is 0 Å². The first-order valence-corrected chi connectivity index (χ1v) is 9.21. The average molecular weight is 319 g/mol.